The second-order valence-corrected chi connectivity index (χ2v) is 8.05. The maximum Gasteiger partial charge on any atom is 0.241 e. The van der Waals surface area contributed by atoms with Gasteiger partial charge in [-0.05, 0) is 35.4 Å². The van der Waals surface area contributed by atoms with E-state index < -0.39 is 0 Å². The molecule has 1 aliphatic rings. The molecule has 1 heterocycles. The minimum atomic E-state index is -0.0757. The number of para-hydroxylation sites is 1. The lowest BCUT2D eigenvalue weighted by Gasteiger charge is -2.36. The summed E-state index contributed by atoms with van der Waals surface area (Å²) in [7, 11) is 0. The molecule has 33 heavy (non-hydrogen) atoms. The van der Waals surface area contributed by atoms with E-state index in [0.717, 1.165) is 49.6 Å². The summed E-state index contributed by atoms with van der Waals surface area (Å²) in [5.74, 6) is 0.692. The van der Waals surface area contributed by atoms with Crippen LogP contribution in [0.3, 0.4) is 0 Å². The molecule has 0 aromatic heterocycles. The minimum Gasteiger partial charge on any atom is -0.489 e. The zero-order valence-corrected chi connectivity index (χ0v) is 18.8. The average molecular weight is 443 g/mol. The van der Waals surface area contributed by atoms with Crippen molar-refractivity contribution in [3.63, 3.8) is 0 Å². The van der Waals surface area contributed by atoms with E-state index in [2.05, 4.69) is 44.6 Å². The first kappa shape index (κ1) is 22.6. The fourth-order valence-corrected chi connectivity index (χ4v) is 3.79. The van der Waals surface area contributed by atoms with Gasteiger partial charge in [-0.3, -0.25) is 9.69 Å². The first-order chi connectivity index (χ1) is 16.3. The number of hydrogen-bond acceptors (Lipinski definition) is 5. The standard InChI is InChI=1S/C27H30N4O2/c32-27(14-15-30-16-18-31(19-17-30)25-11-5-2-6-12-25)29-28-21-24-10-7-13-26(20-24)33-22-23-8-3-1-4-9-23/h1-13,20-21H,14-19,22H2,(H,29,32)/b28-21+. The Morgan fingerprint density at radius 1 is 0.909 bits per heavy atom. The summed E-state index contributed by atoms with van der Waals surface area (Å²) in [5.41, 5.74) is 5.89. The molecule has 1 saturated heterocycles. The van der Waals surface area contributed by atoms with Gasteiger partial charge < -0.3 is 9.64 Å². The van der Waals surface area contributed by atoms with Crippen molar-refractivity contribution in [3.8, 4) is 5.75 Å². The number of benzene rings is 3. The van der Waals surface area contributed by atoms with Crippen LogP contribution in [0, 0.1) is 0 Å². The number of nitrogens with zero attached hydrogens (tertiary/aromatic N) is 3. The van der Waals surface area contributed by atoms with Gasteiger partial charge in [0.15, 0.2) is 0 Å². The third kappa shape index (κ3) is 7.19. The maximum absolute atomic E-state index is 12.2. The molecule has 0 aliphatic carbocycles. The van der Waals surface area contributed by atoms with Gasteiger partial charge in [-0.25, -0.2) is 5.43 Å². The smallest absolute Gasteiger partial charge is 0.241 e. The molecular formula is C27H30N4O2. The normalized spacial score (nSPS) is 14.4. The molecule has 1 aliphatic heterocycles. The number of nitrogens with one attached hydrogen (secondary N) is 1. The van der Waals surface area contributed by atoms with Crippen LogP contribution in [0.5, 0.6) is 5.75 Å². The van der Waals surface area contributed by atoms with Crippen LogP contribution in [0.25, 0.3) is 0 Å². The third-order valence-corrected chi connectivity index (χ3v) is 5.66. The van der Waals surface area contributed by atoms with Gasteiger partial charge in [0.2, 0.25) is 5.91 Å². The zero-order valence-electron chi connectivity index (χ0n) is 18.8. The Bertz CT molecular complexity index is 1030. The molecule has 0 bridgehead atoms. The molecule has 4 rings (SSSR count). The third-order valence-electron chi connectivity index (χ3n) is 5.66. The highest BCUT2D eigenvalue weighted by Gasteiger charge is 2.17. The zero-order chi connectivity index (χ0) is 22.7. The molecule has 0 unspecified atom stereocenters. The highest BCUT2D eigenvalue weighted by atomic mass is 16.5. The Morgan fingerprint density at radius 2 is 1.64 bits per heavy atom. The van der Waals surface area contributed by atoms with Gasteiger partial charge in [-0.15, -0.1) is 0 Å². The fraction of sp³-hybridized carbons (Fsp3) is 0.259. The predicted molar refractivity (Wildman–Crippen MR) is 133 cm³/mol. The number of rotatable bonds is 9. The lowest BCUT2D eigenvalue weighted by molar-refractivity contribution is -0.121. The number of ether oxygens (including phenoxy) is 1. The van der Waals surface area contributed by atoms with Crippen molar-refractivity contribution in [2.24, 2.45) is 5.10 Å². The second kappa shape index (κ2) is 11.8. The number of amides is 1. The molecule has 0 radical (unpaired) electrons. The summed E-state index contributed by atoms with van der Waals surface area (Å²) in [6.07, 6.45) is 2.08. The van der Waals surface area contributed by atoms with E-state index in [1.54, 1.807) is 6.21 Å². The van der Waals surface area contributed by atoms with Crippen molar-refractivity contribution in [1.29, 1.82) is 0 Å². The fourth-order valence-electron chi connectivity index (χ4n) is 3.79. The highest BCUT2D eigenvalue weighted by Crippen LogP contribution is 2.16. The van der Waals surface area contributed by atoms with Crippen LogP contribution in [-0.4, -0.2) is 49.7 Å². The molecule has 6 heteroatoms. The van der Waals surface area contributed by atoms with E-state index >= 15 is 0 Å². The van der Waals surface area contributed by atoms with E-state index in [1.165, 1.54) is 5.69 Å². The molecule has 0 atom stereocenters. The molecule has 3 aromatic carbocycles. The topological polar surface area (TPSA) is 57.2 Å². The molecule has 1 amide bonds. The molecule has 3 aromatic rings. The van der Waals surface area contributed by atoms with Gasteiger partial charge in [-0.2, -0.15) is 5.10 Å². The van der Waals surface area contributed by atoms with Gasteiger partial charge in [0.25, 0.3) is 0 Å². The second-order valence-electron chi connectivity index (χ2n) is 8.05. The largest absolute Gasteiger partial charge is 0.489 e. The van der Waals surface area contributed by atoms with Crippen molar-refractivity contribution in [1.82, 2.24) is 10.3 Å². The number of piperazine rings is 1. The van der Waals surface area contributed by atoms with Gasteiger partial charge in [0.1, 0.15) is 12.4 Å². The number of anilines is 1. The summed E-state index contributed by atoms with van der Waals surface area (Å²) in [5, 5.41) is 4.11. The van der Waals surface area contributed by atoms with Crippen molar-refractivity contribution in [2.75, 3.05) is 37.6 Å². The van der Waals surface area contributed by atoms with Gasteiger partial charge in [-0.1, -0.05) is 60.7 Å². The van der Waals surface area contributed by atoms with Crippen LogP contribution in [0.1, 0.15) is 17.5 Å². The Labute approximate surface area is 195 Å². The van der Waals surface area contributed by atoms with Crippen LogP contribution >= 0.6 is 0 Å². The number of hydrazone groups is 1. The predicted octanol–water partition coefficient (Wildman–Crippen LogP) is 3.93. The summed E-state index contributed by atoms with van der Waals surface area (Å²) in [6.45, 7) is 5.13. The first-order valence-electron chi connectivity index (χ1n) is 11.4. The first-order valence-corrected chi connectivity index (χ1v) is 11.4. The summed E-state index contributed by atoms with van der Waals surface area (Å²) in [4.78, 5) is 16.9. The molecule has 0 saturated carbocycles. The Kier molecular flexibility index (Phi) is 8.08. The molecule has 1 fully saturated rings. The number of carbonyl (C=O) groups excluding carboxylic acids is 1. The molecule has 6 nitrogen and oxygen atoms in total. The molecule has 0 spiro atoms. The van der Waals surface area contributed by atoms with Crippen LogP contribution in [0.4, 0.5) is 5.69 Å². The van der Waals surface area contributed by atoms with Crippen LogP contribution in [-0.2, 0) is 11.4 Å². The summed E-state index contributed by atoms with van der Waals surface area (Å²) < 4.78 is 5.84. The average Bonchev–Trinajstić information content (AvgIpc) is 2.88. The highest BCUT2D eigenvalue weighted by molar-refractivity contribution is 5.82. The summed E-state index contributed by atoms with van der Waals surface area (Å²) in [6, 6.07) is 28.2. The molecular weight excluding hydrogens is 412 g/mol. The van der Waals surface area contributed by atoms with Crippen molar-refractivity contribution in [3.05, 3.63) is 96.1 Å². The summed E-state index contributed by atoms with van der Waals surface area (Å²) >= 11 is 0. The van der Waals surface area contributed by atoms with E-state index in [-0.39, 0.29) is 5.91 Å². The van der Waals surface area contributed by atoms with E-state index in [1.807, 2.05) is 60.7 Å². The SMILES string of the molecule is O=C(CCN1CCN(c2ccccc2)CC1)N/N=C/c1cccc(OCc2ccccc2)c1. The van der Waals surface area contributed by atoms with Crippen LogP contribution in [0.15, 0.2) is 90.0 Å². The number of hydrogen-bond donors (Lipinski definition) is 1. The van der Waals surface area contributed by atoms with Crippen molar-refractivity contribution < 1.29 is 9.53 Å². The lowest BCUT2D eigenvalue weighted by atomic mass is 10.2. The van der Waals surface area contributed by atoms with Gasteiger partial charge in [0, 0.05) is 44.8 Å². The quantitative estimate of drug-likeness (QED) is 0.403. The molecule has 170 valence electrons. The van der Waals surface area contributed by atoms with Crippen LogP contribution < -0.4 is 15.1 Å². The maximum atomic E-state index is 12.2. The number of carbonyl (C=O) groups is 1. The Balaban J connectivity index is 1.16. The monoisotopic (exact) mass is 442 g/mol. The van der Waals surface area contributed by atoms with Crippen molar-refractivity contribution in [2.45, 2.75) is 13.0 Å². The minimum absolute atomic E-state index is 0.0757. The Hall–Kier alpha value is -3.64. The molecule has 1 N–H and O–H groups in total. The van der Waals surface area contributed by atoms with E-state index in [4.69, 9.17) is 4.74 Å². The van der Waals surface area contributed by atoms with Crippen LogP contribution in [0.2, 0.25) is 0 Å². The lowest BCUT2D eigenvalue weighted by Crippen LogP contribution is -2.47. The van der Waals surface area contributed by atoms with Gasteiger partial charge >= 0.3 is 0 Å². The van der Waals surface area contributed by atoms with Crippen molar-refractivity contribution >= 4 is 17.8 Å². The van der Waals surface area contributed by atoms with E-state index in [9.17, 15) is 4.79 Å². The van der Waals surface area contributed by atoms with E-state index in [0.29, 0.717) is 13.0 Å². The Morgan fingerprint density at radius 3 is 2.39 bits per heavy atom. The van der Waals surface area contributed by atoms with Gasteiger partial charge in [0.05, 0.1) is 6.21 Å².